The van der Waals surface area contributed by atoms with Gasteiger partial charge in [-0.1, -0.05) is 36.4 Å². The van der Waals surface area contributed by atoms with E-state index in [0.29, 0.717) is 73.6 Å². The summed E-state index contributed by atoms with van der Waals surface area (Å²) >= 11 is 0. The summed E-state index contributed by atoms with van der Waals surface area (Å²) < 4.78 is 34.9. The van der Waals surface area contributed by atoms with E-state index >= 15 is 0 Å². The Kier molecular flexibility index (Phi) is 7.71. The third-order valence-electron chi connectivity index (χ3n) is 9.45. The van der Waals surface area contributed by atoms with Crippen molar-refractivity contribution in [3.63, 3.8) is 0 Å². The molecule has 8 nitrogen and oxygen atoms in total. The molecule has 0 bridgehead atoms. The van der Waals surface area contributed by atoms with Gasteiger partial charge in [0.05, 0.1) is 23.1 Å². The first-order chi connectivity index (χ1) is 20.6. The molecule has 3 aromatic rings. The van der Waals surface area contributed by atoms with Crippen LogP contribution >= 0.6 is 0 Å². The molecular weight excluding hydrogens is 562 g/mol. The van der Waals surface area contributed by atoms with Crippen LogP contribution < -0.4 is 9.04 Å². The van der Waals surface area contributed by atoms with Gasteiger partial charge < -0.3 is 14.5 Å². The number of fused-ring (bicyclic) bond motifs is 1. The Morgan fingerprint density at radius 1 is 0.907 bits per heavy atom. The molecule has 0 unspecified atom stereocenters. The number of benzene rings is 3. The van der Waals surface area contributed by atoms with Crippen LogP contribution in [0.25, 0.3) is 0 Å². The number of carbonyl (C=O) groups excluding carboxylic acids is 2. The molecule has 226 valence electrons. The maximum Gasteiger partial charge on any atom is 0.264 e. The fraction of sp³-hybridized carbons (Fsp3) is 0.412. The third-order valence-corrected chi connectivity index (χ3v) is 11.6. The molecule has 3 heterocycles. The Morgan fingerprint density at radius 2 is 1.58 bits per heavy atom. The Labute approximate surface area is 254 Å². The molecule has 3 aliphatic heterocycles. The molecule has 0 radical (unpaired) electrons. The van der Waals surface area contributed by atoms with Crippen molar-refractivity contribution < 1.29 is 22.7 Å². The number of rotatable bonds is 6. The summed E-state index contributed by atoms with van der Waals surface area (Å²) in [6.07, 6.45) is 3.56. The number of sulfonamides is 1. The highest BCUT2D eigenvalue weighted by Gasteiger charge is 2.48. The normalized spacial score (nSPS) is 18.2. The molecule has 2 fully saturated rings. The standard InChI is InChI=1S/C34H39N3O5S/c1-24-20-29(42-3)21-25(2)31(24)43(40,41)37-16-7-10-27-11-12-28(22-30(27)37)32(38)35-17-13-34(14-18-35)15-19-36(33(34)39)23-26-8-5-4-6-9-26/h4-6,8-9,11-12,20-22H,7,10,13-19,23H2,1-3H3. The number of nitrogens with zero attached hydrogens (tertiary/aromatic N) is 3. The maximum absolute atomic E-state index is 14.0. The number of ether oxygens (including phenoxy) is 1. The first-order valence-corrected chi connectivity index (χ1v) is 16.5. The van der Waals surface area contributed by atoms with E-state index in [1.165, 1.54) is 4.31 Å². The highest BCUT2D eigenvalue weighted by atomic mass is 32.2. The number of hydrogen-bond donors (Lipinski definition) is 0. The Hall–Kier alpha value is -3.85. The fourth-order valence-electron chi connectivity index (χ4n) is 7.10. The molecule has 2 amide bonds. The number of anilines is 1. The van der Waals surface area contributed by atoms with Crippen molar-refractivity contribution in [3.8, 4) is 5.75 Å². The summed E-state index contributed by atoms with van der Waals surface area (Å²) in [6.45, 7) is 6.29. The second-order valence-electron chi connectivity index (χ2n) is 12.1. The van der Waals surface area contributed by atoms with Crippen molar-refractivity contribution in [1.29, 1.82) is 0 Å². The number of amides is 2. The van der Waals surface area contributed by atoms with Gasteiger partial charge in [0.25, 0.3) is 15.9 Å². The molecule has 2 saturated heterocycles. The molecule has 43 heavy (non-hydrogen) atoms. The largest absolute Gasteiger partial charge is 0.497 e. The minimum Gasteiger partial charge on any atom is -0.497 e. The van der Waals surface area contributed by atoms with Crippen molar-refractivity contribution in [2.75, 3.05) is 37.6 Å². The minimum atomic E-state index is -3.87. The lowest BCUT2D eigenvalue weighted by Crippen LogP contribution is -2.46. The summed E-state index contributed by atoms with van der Waals surface area (Å²) in [7, 11) is -2.30. The van der Waals surface area contributed by atoms with Crippen LogP contribution in [-0.2, 0) is 27.8 Å². The summed E-state index contributed by atoms with van der Waals surface area (Å²) in [5, 5.41) is 0. The van der Waals surface area contributed by atoms with E-state index in [-0.39, 0.29) is 16.7 Å². The van der Waals surface area contributed by atoms with E-state index in [1.807, 2.05) is 52.3 Å². The molecule has 0 N–H and O–H groups in total. The Bertz CT molecular complexity index is 1640. The summed E-state index contributed by atoms with van der Waals surface area (Å²) in [5.41, 5.74) is 3.94. The van der Waals surface area contributed by atoms with Crippen molar-refractivity contribution in [2.24, 2.45) is 5.41 Å². The van der Waals surface area contributed by atoms with Crippen LogP contribution in [0.4, 0.5) is 5.69 Å². The van der Waals surface area contributed by atoms with Gasteiger partial charge >= 0.3 is 0 Å². The smallest absolute Gasteiger partial charge is 0.264 e. The maximum atomic E-state index is 14.0. The second-order valence-corrected chi connectivity index (χ2v) is 13.9. The first-order valence-electron chi connectivity index (χ1n) is 15.1. The van der Waals surface area contributed by atoms with Crippen LogP contribution in [0.15, 0.2) is 65.6 Å². The zero-order valence-corrected chi connectivity index (χ0v) is 26.0. The fourth-order valence-corrected chi connectivity index (χ4v) is 9.05. The lowest BCUT2D eigenvalue weighted by molar-refractivity contribution is -0.138. The molecule has 0 atom stereocenters. The zero-order valence-electron chi connectivity index (χ0n) is 25.1. The predicted molar refractivity (Wildman–Crippen MR) is 166 cm³/mol. The minimum absolute atomic E-state index is 0.121. The SMILES string of the molecule is COc1cc(C)c(S(=O)(=O)N2CCCc3ccc(C(=O)N4CCC5(CC4)CCN(Cc4ccccc4)C5=O)cc32)c(C)c1. The van der Waals surface area contributed by atoms with Crippen LogP contribution in [0, 0.1) is 19.3 Å². The number of likely N-dealkylation sites (tertiary alicyclic amines) is 2. The van der Waals surface area contributed by atoms with Gasteiger partial charge in [-0.15, -0.1) is 0 Å². The van der Waals surface area contributed by atoms with Gasteiger partial charge in [-0.3, -0.25) is 13.9 Å². The van der Waals surface area contributed by atoms with E-state index in [0.717, 1.165) is 30.5 Å². The highest BCUT2D eigenvalue weighted by molar-refractivity contribution is 7.93. The summed E-state index contributed by atoms with van der Waals surface area (Å²) in [6, 6.07) is 19.0. The van der Waals surface area contributed by atoms with Crippen LogP contribution in [0.5, 0.6) is 5.75 Å². The van der Waals surface area contributed by atoms with Crippen molar-refractivity contribution >= 4 is 27.5 Å². The molecule has 3 aliphatic rings. The van der Waals surface area contributed by atoms with Gasteiger partial charge in [0.1, 0.15) is 5.75 Å². The van der Waals surface area contributed by atoms with Crippen molar-refractivity contribution in [2.45, 2.75) is 57.4 Å². The lowest BCUT2D eigenvalue weighted by atomic mass is 9.77. The monoisotopic (exact) mass is 601 g/mol. The van der Waals surface area contributed by atoms with E-state index in [2.05, 4.69) is 0 Å². The third kappa shape index (κ3) is 5.28. The van der Waals surface area contributed by atoms with Gasteiger partial charge in [0.15, 0.2) is 0 Å². The number of carbonyl (C=O) groups is 2. The van der Waals surface area contributed by atoms with Crippen LogP contribution in [0.1, 0.15) is 58.3 Å². The quantitative estimate of drug-likeness (QED) is 0.392. The zero-order chi connectivity index (χ0) is 30.4. The van der Waals surface area contributed by atoms with Crippen LogP contribution in [-0.4, -0.2) is 63.3 Å². The molecule has 0 saturated carbocycles. The van der Waals surface area contributed by atoms with Crippen LogP contribution in [0.3, 0.4) is 0 Å². The second kappa shape index (κ2) is 11.3. The van der Waals surface area contributed by atoms with Gasteiger partial charge in [0.2, 0.25) is 5.91 Å². The number of aryl methyl sites for hydroxylation is 3. The molecular formula is C34H39N3O5S. The van der Waals surface area contributed by atoms with Crippen molar-refractivity contribution in [1.82, 2.24) is 9.80 Å². The summed E-state index contributed by atoms with van der Waals surface area (Å²) in [4.78, 5) is 31.3. The Balaban J connectivity index is 1.19. The van der Waals surface area contributed by atoms with Crippen LogP contribution in [0.2, 0.25) is 0 Å². The van der Waals surface area contributed by atoms with Gasteiger partial charge in [-0.05, 0) is 92.5 Å². The first kappa shape index (κ1) is 29.2. The van der Waals surface area contributed by atoms with Gasteiger partial charge in [-0.2, -0.15) is 0 Å². The van der Waals surface area contributed by atoms with E-state index < -0.39 is 15.4 Å². The lowest BCUT2D eigenvalue weighted by Gasteiger charge is -2.38. The number of methoxy groups -OCH3 is 1. The average Bonchev–Trinajstić information content (AvgIpc) is 3.30. The molecule has 0 aliphatic carbocycles. The number of hydrogen-bond acceptors (Lipinski definition) is 5. The van der Waals surface area contributed by atoms with Crippen molar-refractivity contribution in [3.05, 3.63) is 88.5 Å². The summed E-state index contributed by atoms with van der Waals surface area (Å²) in [5.74, 6) is 0.693. The average molecular weight is 602 g/mol. The molecule has 9 heteroatoms. The van der Waals surface area contributed by atoms with Gasteiger partial charge in [0, 0.05) is 38.3 Å². The predicted octanol–water partition coefficient (Wildman–Crippen LogP) is 5.11. The molecule has 0 aromatic heterocycles. The van der Waals surface area contributed by atoms with E-state index in [1.54, 1.807) is 39.2 Å². The van der Waals surface area contributed by atoms with E-state index in [9.17, 15) is 18.0 Å². The number of piperidine rings is 1. The molecule has 6 rings (SSSR count). The topological polar surface area (TPSA) is 87.2 Å². The van der Waals surface area contributed by atoms with E-state index in [4.69, 9.17) is 4.74 Å². The molecule has 3 aromatic carbocycles. The Morgan fingerprint density at radius 3 is 2.26 bits per heavy atom. The molecule has 1 spiro atoms. The highest BCUT2D eigenvalue weighted by Crippen LogP contribution is 2.43. The van der Waals surface area contributed by atoms with Gasteiger partial charge in [-0.25, -0.2) is 8.42 Å².